The van der Waals surface area contributed by atoms with E-state index in [-0.39, 0.29) is 35.4 Å². The number of ether oxygens (including phenoxy) is 2. The van der Waals surface area contributed by atoms with Gasteiger partial charge in [0.1, 0.15) is 28.9 Å². The third-order valence-corrected chi connectivity index (χ3v) is 7.06. The second-order valence-corrected chi connectivity index (χ2v) is 9.49. The average Bonchev–Trinajstić information content (AvgIpc) is 3.13. The van der Waals surface area contributed by atoms with E-state index in [4.69, 9.17) is 9.47 Å². The number of ketones is 1. The maximum atomic E-state index is 13.2. The van der Waals surface area contributed by atoms with Crippen LogP contribution in [0.4, 0.5) is 0 Å². The molecule has 2 aromatic rings. The highest BCUT2D eigenvalue weighted by Crippen LogP contribution is 2.58. The van der Waals surface area contributed by atoms with Gasteiger partial charge in [0.2, 0.25) is 0 Å². The highest BCUT2D eigenvalue weighted by atomic mass is 16.5. The summed E-state index contributed by atoms with van der Waals surface area (Å²) in [5.41, 5.74) is 1.07. The summed E-state index contributed by atoms with van der Waals surface area (Å²) >= 11 is 0. The van der Waals surface area contributed by atoms with Gasteiger partial charge in [-0.2, -0.15) is 0 Å². The van der Waals surface area contributed by atoms with Crippen molar-refractivity contribution in [3.05, 3.63) is 53.1 Å². The second kappa shape index (κ2) is 8.19. The molecule has 0 saturated heterocycles. The largest absolute Gasteiger partial charge is 0.507 e. The van der Waals surface area contributed by atoms with Crippen LogP contribution in [-0.2, 0) is 6.42 Å². The summed E-state index contributed by atoms with van der Waals surface area (Å²) in [6.45, 7) is 6.16. The van der Waals surface area contributed by atoms with Crippen molar-refractivity contribution in [1.82, 2.24) is 0 Å². The molecule has 5 nitrogen and oxygen atoms in total. The lowest BCUT2D eigenvalue weighted by atomic mass is 9.65. The number of fused-ring (bicyclic) bond motifs is 3. The van der Waals surface area contributed by atoms with E-state index >= 15 is 0 Å². The number of Topliss-reactive ketones (excluding diaryl/α,β-unsaturated/α-hetero) is 1. The van der Waals surface area contributed by atoms with Crippen molar-refractivity contribution in [2.75, 3.05) is 7.11 Å². The van der Waals surface area contributed by atoms with Crippen LogP contribution in [-0.4, -0.2) is 34.8 Å². The van der Waals surface area contributed by atoms with E-state index in [1.807, 2.05) is 30.3 Å². The number of carbonyl (C=O) groups excluding carboxylic acids is 1. The van der Waals surface area contributed by atoms with Gasteiger partial charge in [-0.3, -0.25) is 4.79 Å². The first-order valence-corrected chi connectivity index (χ1v) is 11.1. The predicted octanol–water partition coefficient (Wildman–Crippen LogP) is 4.88. The number of carbonyl (C=O) groups is 1. The zero-order valence-electron chi connectivity index (χ0n) is 18.7. The monoisotopic (exact) mass is 424 g/mol. The smallest absolute Gasteiger partial charge is 0.170 e. The maximum Gasteiger partial charge on any atom is 0.170 e. The Bertz CT molecular complexity index is 964. The highest BCUT2D eigenvalue weighted by Gasteiger charge is 2.55. The topological polar surface area (TPSA) is 76.0 Å². The van der Waals surface area contributed by atoms with Crippen LogP contribution in [0.5, 0.6) is 17.2 Å². The van der Waals surface area contributed by atoms with Gasteiger partial charge in [-0.15, -0.1) is 0 Å². The van der Waals surface area contributed by atoms with E-state index in [0.717, 1.165) is 17.5 Å². The van der Waals surface area contributed by atoms with Crippen LogP contribution < -0.4 is 9.47 Å². The summed E-state index contributed by atoms with van der Waals surface area (Å²) in [5, 5.41) is 21.9. The number of phenols is 1. The Hall–Kier alpha value is -2.53. The SMILES string of the molecule is COc1cc(O)c(C(=O)CCc2ccccc2)c2c1[C@H]1[C@H](C(C)C)CC[C@](C)(O)[C@H]1O2. The highest BCUT2D eigenvalue weighted by molar-refractivity contribution is 6.02. The lowest BCUT2D eigenvalue weighted by Crippen LogP contribution is -2.51. The molecule has 0 bridgehead atoms. The van der Waals surface area contributed by atoms with Gasteiger partial charge in [-0.05, 0) is 43.6 Å². The standard InChI is InChI=1S/C26H32O5/c1-15(2)17-12-13-26(3,29)25-21(17)23-20(30-4)14-19(28)22(24(23)31-25)18(27)11-10-16-8-6-5-7-9-16/h5-9,14-15,17,21,25,28-29H,10-13H2,1-4H3/t17-,21+,25-,26-/m0/s1. The zero-order valence-corrected chi connectivity index (χ0v) is 18.7. The van der Waals surface area contributed by atoms with E-state index in [9.17, 15) is 15.0 Å². The normalized spacial score (nSPS) is 26.8. The lowest BCUT2D eigenvalue weighted by Gasteiger charge is -2.44. The minimum atomic E-state index is -1.01. The van der Waals surface area contributed by atoms with Crippen molar-refractivity contribution in [3.63, 3.8) is 0 Å². The molecule has 31 heavy (non-hydrogen) atoms. The minimum Gasteiger partial charge on any atom is -0.507 e. The Morgan fingerprint density at radius 3 is 2.65 bits per heavy atom. The number of hydrogen-bond donors (Lipinski definition) is 2. The molecule has 1 saturated carbocycles. The number of hydrogen-bond acceptors (Lipinski definition) is 5. The Morgan fingerprint density at radius 2 is 2.00 bits per heavy atom. The van der Waals surface area contributed by atoms with Crippen LogP contribution in [0.2, 0.25) is 0 Å². The summed E-state index contributed by atoms with van der Waals surface area (Å²) < 4.78 is 11.9. The zero-order chi connectivity index (χ0) is 22.3. The van der Waals surface area contributed by atoms with Gasteiger partial charge in [0, 0.05) is 24.0 Å². The molecule has 1 fully saturated rings. The number of aliphatic hydroxyl groups is 1. The number of phenolic OH excluding ortho intramolecular Hbond substituents is 1. The van der Waals surface area contributed by atoms with Crippen LogP contribution >= 0.6 is 0 Å². The molecule has 2 aliphatic rings. The van der Waals surface area contributed by atoms with Gasteiger partial charge in [-0.25, -0.2) is 0 Å². The number of methoxy groups -OCH3 is 1. The quantitative estimate of drug-likeness (QED) is 0.647. The Labute approximate surface area is 184 Å². The molecule has 4 atom stereocenters. The van der Waals surface area contributed by atoms with Crippen molar-refractivity contribution in [2.24, 2.45) is 11.8 Å². The molecule has 0 radical (unpaired) electrons. The van der Waals surface area contributed by atoms with Gasteiger partial charge in [0.15, 0.2) is 5.78 Å². The molecule has 2 aromatic carbocycles. The molecule has 0 unspecified atom stereocenters. The Morgan fingerprint density at radius 1 is 1.29 bits per heavy atom. The number of aryl methyl sites for hydroxylation is 1. The van der Waals surface area contributed by atoms with Crippen LogP contribution in [0, 0.1) is 11.8 Å². The van der Waals surface area contributed by atoms with Crippen molar-refractivity contribution >= 4 is 5.78 Å². The molecule has 4 rings (SSSR count). The van der Waals surface area contributed by atoms with Crippen molar-refractivity contribution < 1.29 is 24.5 Å². The number of aromatic hydroxyl groups is 1. The molecule has 5 heteroatoms. The second-order valence-electron chi connectivity index (χ2n) is 9.49. The fourth-order valence-corrected chi connectivity index (χ4v) is 5.37. The van der Waals surface area contributed by atoms with E-state index in [0.29, 0.717) is 30.3 Å². The van der Waals surface area contributed by atoms with Crippen molar-refractivity contribution in [3.8, 4) is 17.2 Å². The molecule has 166 valence electrons. The fraction of sp³-hybridized carbons (Fsp3) is 0.500. The molecule has 0 amide bonds. The molecule has 0 spiro atoms. The number of rotatable bonds is 6. The molecule has 1 aliphatic heterocycles. The molecular weight excluding hydrogens is 392 g/mol. The van der Waals surface area contributed by atoms with Crippen LogP contribution in [0.1, 0.15) is 67.4 Å². The predicted molar refractivity (Wildman–Crippen MR) is 119 cm³/mol. The molecule has 1 heterocycles. The van der Waals surface area contributed by atoms with Crippen molar-refractivity contribution in [2.45, 2.75) is 64.1 Å². The summed E-state index contributed by atoms with van der Waals surface area (Å²) in [5.74, 6) is 1.19. The van der Waals surface area contributed by atoms with Gasteiger partial charge < -0.3 is 19.7 Å². The Kier molecular flexibility index (Phi) is 5.73. The van der Waals surface area contributed by atoms with E-state index in [1.165, 1.54) is 6.07 Å². The summed E-state index contributed by atoms with van der Waals surface area (Å²) in [7, 11) is 1.56. The Balaban J connectivity index is 1.76. The molecule has 1 aliphatic carbocycles. The van der Waals surface area contributed by atoms with Gasteiger partial charge in [0.05, 0.1) is 12.7 Å². The fourth-order valence-electron chi connectivity index (χ4n) is 5.37. The first-order valence-electron chi connectivity index (χ1n) is 11.1. The van der Waals surface area contributed by atoms with E-state index in [1.54, 1.807) is 14.0 Å². The molecule has 0 aromatic heterocycles. The minimum absolute atomic E-state index is 0.0880. The van der Waals surface area contributed by atoms with Gasteiger partial charge >= 0.3 is 0 Å². The lowest BCUT2D eigenvalue weighted by molar-refractivity contribution is -0.0919. The van der Waals surface area contributed by atoms with Gasteiger partial charge in [-0.1, -0.05) is 44.2 Å². The van der Waals surface area contributed by atoms with Crippen molar-refractivity contribution in [1.29, 1.82) is 0 Å². The van der Waals surface area contributed by atoms with Crippen LogP contribution in [0.3, 0.4) is 0 Å². The first kappa shape index (κ1) is 21.7. The molecular formula is C26H32O5. The van der Waals surface area contributed by atoms with Crippen LogP contribution in [0.15, 0.2) is 36.4 Å². The average molecular weight is 425 g/mol. The molecule has 2 N–H and O–H groups in total. The summed E-state index contributed by atoms with van der Waals surface area (Å²) in [4.78, 5) is 13.2. The summed E-state index contributed by atoms with van der Waals surface area (Å²) in [6.07, 6.45) is 1.88. The van der Waals surface area contributed by atoms with Gasteiger partial charge in [0.25, 0.3) is 0 Å². The third kappa shape index (κ3) is 3.80. The first-order chi connectivity index (χ1) is 14.7. The van der Waals surface area contributed by atoms with E-state index in [2.05, 4.69) is 13.8 Å². The number of benzene rings is 2. The maximum absolute atomic E-state index is 13.2. The van der Waals surface area contributed by atoms with Crippen LogP contribution in [0.25, 0.3) is 0 Å². The van der Waals surface area contributed by atoms with E-state index < -0.39 is 11.7 Å². The third-order valence-electron chi connectivity index (χ3n) is 7.06. The summed E-state index contributed by atoms with van der Waals surface area (Å²) in [6, 6.07) is 11.3.